The molecule has 21 heavy (non-hydrogen) atoms. The monoisotopic (exact) mass is 314 g/mol. The Labute approximate surface area is 124 Å². The number of carbonyl (C=O) groups is 1. The van der Waals surface area contributed by atoms with Crippen LogP contribution in [0.5, 0.6) is 11.5 Å². The van der Waals surface area contributed by atoms with Gasteiger partial charge in [-0.1, -0.05) is 23.7 Å². The molecular formula is C15H10ClF3O2. The molecule has 0 aromatic heterocycles. The third-order valence-corrected chi connectivity index (χ3v) is 3.05. The maximum absolute atomic E-state index is 12.8. The molecule has 6 heteroatoms. The van der Waals surface area contributed by atoms with E-state index in [1.807, 2.05) is 0 Å². The van der Waals surface area contributed by atoms with E-state index >= 15 is 0 Å². The second kappa shape index (κ2) is 5.77. The Bertz CT molecular complexity index is 681. The number of Topliss-reactive ketones (excluding diaryl/α,β-unsaturated/α-hetero) is 1. The van der Waals surface area contributed by atoms with Gasteiger partial charge in [0, 0.05) is 11.6 Å². The van der Waals surface area contributed by atoms with Gasteiger partial charge in [-0.2, -0.15) is 13.2 Å². The minimum absolute atomic E-state index is 0.127. The number of alkyl halides is 3. The zero-order valence-electron chi connectivity index (χ0n) is 10.9. The Balaban J connectivity index is 2.35. The predicted molar refractivity (Wildman–Crippen MR) is 73.0 cm³/mol. The molecule has 0 aliphatic rings. The van der Waals surface area contributed by atoms with Gasteiger partial charge in [-0.25, -0.2) is 0 Å². The molecule has 2 aromatic carbocycles. The number of hydrogen-bond donors (Lipinski definition) is 0. The van der Waals surface area contributed by atoms with E-state index in [0.29, 0.717) is 0 Å². The molecule has 0 saturated carbocycles. The summed E-state index contributed by atoms with van der Waals surface area (Å²) in [5.41, 5.74) is -0.593. The van der Waals surface area contributed by atoms with Gasteiger partial charge in [0.1, 0.15) is 11.5 Å². The van der Waals surface area contributed by atoms with Gasteiger partial charge in [0.2, 0.25) is 0 Å². The van der Waals surface area contributed by atoms with E-state index in [-0.39, 0.29) is 27.9 Å². The molecule has 2 aromatic rings. The summed E-state index contributed by atoms with van der Waals surface area (Å²) >= 11 is 5.90. The van der Waals surface area contributed by atoms with Crippen LogP contribution >= 0.6 is 11.6 Å². The third kappa shape index (κ3) is 3.55. The SMILES string of the molecule is CC(=O)c1ccc(Oc2ccccc2C(F)(F)F)cc1Cl. The van der Waals surface area contributed by atoms with E-state index in [9.17, 15) is 18.0 Å². The minimum atomic E-state index is -4.51. The Kier molecular flexibility index (Phi) is 4.23. The van der Waals surface area contributed by atoms with Gasteiger partial charge < -0.3 is 4.74 Å². The average Bonchev–Trinajstić information content (AvgIpc) is 2.37. The number of benzene rings is 2. The fraction of sp³-hybridized carbons (Fsp3) is 0.133. The number of para-hydroxylation sites is 1. The van der Waals surface area contributed by atoms with Crippen LogP contribution in [0.25, 0.3) is 0 Å². The molecule has 110 valence electrons. The summed E-state index contributed by atoms with van der Waals surface area (Å²) in [6.45, 7) is 1.35. The molecule has 2 nitrogen and oxygen atoms in total. The van der Waals surface area contributed by atoms with Gasteiger partial charge >= 0.3 is 6.18 Å². The smallest absolute Gasteiger partial charge is 0.419 e. The topological polar surface area (TPSA) is 26.3 Å². The summed E-state index contributed by atoms with van der Waals surface area (Å²) in [6, 6.07) is 8.99. The number of carbonyl (C=O) groups excluding carboxylic acids is 1. The lowest BCUT2D eigenvalue weighted by Gasteiger charge is -2.13. The van der Waals surface area contributed by atoms with Crippen LogP contribution in [0.3, 0.4) is 0 Å². The zero-order chi connectivity index (χ0) is 15.6. The molecule has 0 radical (unpaired) electrons. The molecule has 0 aliphatic carbocycles. The van der Waals surface area contributed by atoms with Crippen LogP contribution in [0, 0.1) is 0 Å². The van der Waals surface area contributed by atoms with Crippen molar-refractivity contribution in [3.05, 3.63) is 58.6 Å². The number of ether oxygens (including phenoxy) is 1. The number of hydrogen-bond acceptors (Lipinski definition) is 2. The molecule has 0 unspecified atom stereocenters. The molecule has 0 spiro atoms. The number of rotatable bonds is 3. The van der Waals surface area contributed by atoms with Gasteiger partial charge in [0.25, 0.3) is 0 Å². The lowest BCUT2D eigenvalue weighted by molar-refractivity contribution is -0.138. The van der Waals surface area contributed by atoms with Crippen LogP contribution in [0.1, 0.15) is 22.8 Å². The second-order valence-electron chi connectivity index (χ2n) is 4.29. The lowest BCUT2D eigenvalue weighted by atomic mass is 10.1. The second-order valence-corrected chi connectivity index (χ2v) is 4.70. The molecule has 0 N–H and O–H groups in total. The van der Waals surface area contributed by atoms with Crippen molar-refractivity contribution >= 4 is 17.4 Å². The normalized spacial score (nSPS) is 11.3. The molecule has 0 bridgehead atoms. The lowest BCUT2D eigenvalue weighted by Crippen LogP contribution is -2.06. The van der Waals surface area contributed by atoms with Crippen molar-refractivity contribution in [1.29, 1.82) is 0 Å². The molecule has 0 atom stereocenters. The van der Waals surface area contributed by atoms with Crippen LogP contribution in [0.2, 0.25) is 5.02 Å². The van der Waals surface area contributed by atoms with E-state index < -0.39 is 11.7 Å². The van der Waals surface area contributed by atoms with Crippen molar-refractivity contribution in [2.24, 2.45) is 0 Å². The maximum atomic E-state index is 12.8. The molecule has 0 aliphatic heterocycles. The van der Waals surface area contributed by atoms with Crippen LogP contribution in [0.15, 0.2) is 42.5 Å². The van der Waals surface area contributed by atoms with Gasteiger partial charge in [-0.05, 0) is 31.2 Å². The molecule has 0 heterocycles. The quantitative estimate of drug-likeness (QED) is 0.713. The van der Waals surface area contributed by atoms with Crippen LogP contribution in [-0.4, -0.2) is 5.78 Å². The summed E-state index contributed by atoms with van der Waals surface area (Å²) in [5, 5.41) is 0.129. The van der Waals surface area contributed by atoms with Crippen molar-refractivity contribution in [1.82, 2.24) is 0 Å². The fourth-order valence-electron chi connectivity index (χ4n) is 1.76. The predicted octanol–water partition coefficient (Wildman–Crippen LogP) is 5.35. The average molecular weight is 315 g/mol. The Morgan fingerprint density at radius 2 is 1.81 bits per heavy atom. The Morgan fingerprint density at radius 3 is 2.38 bits per heavy atom. The largest absolute Gasteiger partial charge is 0.457 e. The fourth-order valence-corrected chi connectivity index (χ4v) is 2.07. The first-order valence-corrected chi connectivity index (χ1v) is 6.31. The first-order chi connectivity index (χ1) is 9.79. The van der Waals surface area contributed by atoms with Gasteiger partial charge in [0.15, 0.2) is 5.78 Å². The molecule has 2 rings (SSSR count). The van der Waals surface area contributed by atoms with E-state index in [0.717, 1.165) is 6.07 Å². The molecule has 0 saturated heterocycles. The van der Waals surface area contributed by atoms with Gasteiger partial charge in [-0.3, -0.25) is 4.79 Å². The van der Waals surface area contributed by atoms with Crippen LogP contribution in [0.4, 0.5) is 13.2 Å². The van der Waals surface area contributed by atoms with Crippen molar-refractivity contribution in [2.45, 2.75) is 13.1 Å². The summed E-state index contributed by atoms with van der Waals surface area (Å²) in [6.07, 6.45) is -4.51. The molecule has 0 amide bonds. The Morgan fingerprint density at radius 1 is 1.14 bits per heavy atom. The van der Waals surface area contributed by atoms with E-state index in [1.54, 1.807) is 0 Å². The van der Waals surface area contributed by atoms with E-state index in [1.165, 1.54) is 43.3 Å². The summed E-state index contributed by atoms with van der Waals surface area (Å²) in [4.78, 5) is 11.2. The highest BCUT2D eigenvalue weighted by Crippen LogP contribution is 2.38. The van der Waals surface area contributed by atoms with Gasteiger partial charge in [0.05, 0.1) is 10.6 Å². The van der Waals surface area contributed by atoms with Crippen molar-refractivity contribution in [2.75, 3.05) is 0 Å². The highest BCUT2D eigenvalue weighted by Gasteiger charge is 2.34. The summed E-state index contributed by atoms with van der Waals surface area (Å²) in [7, 11) is 0. The van der Waals surface area contributed by atoms with Crippen molar-refractivity contribution in [3.63, 3.8) is 0 Å². The highest BCUT2D eigenvalue weighted by atomic mass is 35.5. The number of halogens is 4. The van der Waals surface area contributed by atoms with Crippen molar-refractivity contribution in [3.8, 4) is 11.5 Å². The zero-order valence-corrected chi connectivity index (χ0v) is 11.6. The van der Waals surface area contributed by atoms with Crippen LogP contribution < -0.4 is 4.74 Å². The third-order valence-electron chi connectivity index (χ3n) is 2.74. The highest BCUT2D eigenvalue weighted by molar-refractivity contribution is 6.34. The summed E-state index contributed by atoms with van der Waals surface area (Å²) in [5.74, 6) is -0.430. The first-order valence-electron chi connectivity index (χ1n) is 5.93. The molecule has 0 fully saturated rings. The molecular weight excluding hydrogens is 305 g/mol. The van der Waals surface area contributed by atoms with E-state index in [2.05, 4.69) is 0 Å². The Hall–Kier alpha value is -2.01. The summed E-state index contributed by atoms with van der Waals surface area (Å²) < 4.78 is 43.8. The maximum Gasteiger partial charge on any atom is 0.419 e. The van der Waals surface area contributed by atoms with Gasteiger partial charge in [-0.15, -0.1) is 0 Å². The first kappa shape index (κ1) is 15.4. The van der Waals surface area contributed by atoms with Crippen molar-refractivity contribution < 1.29 is 22.7 Å². The van der Waals surface area contributed by atoms with E-state index in [4.69, 9.17) is 16.3 Å². The number of ketones is 1. The minimum Gasteiger partial charge on any atom is -0.457 e. The van der Waals surface area contributed by atoms with Crippen LogP contribution in [-0.2, 0) is 6.18 Å². The standard InChI is InChI=1S/C15H10ClF3O2/c1-9(20)11-7-6-10(8-13(11)16)21-14-5-3-2-4-12(14)15(17,18)19/h2-8H,1H3.